The number of esters is 1. The van der Waals surface area contributed by atoms with Gasteiger partial charge >= 0.3 is 5.97 Å². The number of rotatable bonds is 11. The molecule has 0 radical (unpaired) electrons. The van der Waals surface area contributed by atoms with Crippen molar-refractivity contribution in [3.8, 4) is 0 Å². The highest BCUT2D eigenvalue weighted by Crippen LogP contribution is 2.09. The number of halogens is 1. The lowest BCUT2D eigenvalue weighted by Crippen LogP contribution is -2.32. The van der Waals surface area contributed by atoms with Crippen molar-refractivity contribution in [2.24, 2.45) is 11.6 Å². The largest absolute Gasteiger partial charge is 0.465 e. The van der Waals surface area contributed by atoms with Gasteiger partial charge in [-0.2, -0.15) is 0 Å². The van der Waals surface area contributed by atoms with Crippen molar-refractivity contribution in [2.75, 3.05) is 13.7 Å². The fourth-order valence-electron chi connectivity index (χ4n) is 2.60. The second-order valence-corrected chi connectivity index (χ2v) is 6.55. The van der Waals surface area contributed by atoms with Crippen LogP contribution in [0.2, 0.25) is 0 Å². The first-order valence-corrected chi connectivity index (χ1v) is 9.10. The van der Waals surface area contributed by atoms with E-state index < -0.39 is 12.1 Å². The van der Waals surface area contributed by atoms with Gasteiger partial charge < -0.3 is 20.8 Å². The molecular formula is C19H25FN6O4. The number of ether oxygens (including phenoxy) is 1. The first-order chi connectivity index (χ1) is 14.3. The number of hydrazine groups is 1. The normalized spacial score (nSPS) is 12.3. The molecule has 6 N–H and O–H groups in total. The number of nitrogens with two attached hydrogens (primary N) is 2. The molecule has 2 rings (SSSR count). The standard InChI is InChI=1S/C19H25FN6O4/c1-30-19(29)14-4-2-3-13(7-14)8-23-18(28)17-11-26(24-17)9-15(20)5-6-25(22)10-16(21)12-27/h2-4,7,10-12,15,24H,5-6,8-9,21-22H2,1H3,(H,23,28)/b16-10-. The van der Waals surface area contributed by atoms with Gasteiger partial charge in [-0.1, -0.05) is 12.1 Å². The zero-order valence-electron chi connectivity index (χ0n) is 16.5. The van der Waals surface area contributed by atoms with E-state index in [4.69, 9.17) is 11.6 Å². The molecule has 1 aromatic carbocycles. The highest BCUT2D eigenvalue weighted by atomic mass is 19.1. The maximum Gasteiger partial charge on any atom is 0.337 e. The Hall–Kier alpha value is -3.60. The first kappa shape index (κ1) is 22.7. The van der Waals surface area contributed by atoms with Crippen LogP contribution in [0.3, 0.4) is 0 Å². The molecule has 10 nitrogen and oxygen atoms in total. The van der Waals surface area contributed by atoms with Crippen LogP contribution in [0.5, 0.6) is 0 Å². The van der Waals surface area contributed by atoms with E-state index in [0.717, 1.165) is 10.6 Å². The van der Waals surface area contributed by atoms with Crippen molar-refractivity contribution >= 4 is 18.2 Å². The molecule has 1 atom stereocenters. The molecule has 0 spiro atoms. The number of aromatic amines is 1. The van der Waals surface area contributed by atoms with Crippen molar-refractivity contribution in [3.63, 3.8) is 0 Å². The Morgan fingerprint density at radius 2 is 2.17 bits per heavy atom. The average molecular weight is 420 g/mol. The Morgan fingerprint density at radius 1 is 1.43 bits per heavy atom. The molecule has 0 saturated carbocycles. The van der Waals surface area contributed by atoms with Crippen molar-refractivity contribution in [1.29, 1.82) is 0 Å². The van der Waals surface area contributed by atoms with E-state index >= 15 is 0 Å². The molecule has 1 aromatic heterocycles. The van der Waals surface area contributed by atoms with E-state index in [0.29, 0.717) is 17.5 Å². The molecule has 0 bridgehead atoms. The van der Waals surface area contributed by atoms with E-state index in [9.17, 15) is 18.8 Å². The predicted molar refractivity (Wildman–Crippen MR) is 106 cm³/mol. The summed E-state index contributed by atoms with van der Waals surface area (Å²) >= 11 is 0. The van der Waals surface area contributed by atoms with Gasteiger partial charge in [0.25, 0.3) is 5.91 Å². The number of nitrogens with one attached hydrogen (secondary N) is 2. The molecule has 0 saturated heterocycles. The van der Waals surface area contributed by atoms with Crippen LogP contribution in [0, 0.1) is 0 Å². The van der Waals surface area contributed by atoms with Crippen molar-refractivity contribution < 1.29 is 23.5 Å². The number of methoxy groups -OCH3 is 1. The topological polar surface area (TPSA) is 148 Å². The number of hydrogen-bond acceptors (Lipinski definition) is 7. The SMILES string of the molecule is COC(=O)c1cccc(CNC(=O)c2cn(CC(F)CCN(N)/C=C(\N)C=O)[nH]2)c1. The second-order valence-electron chi connectivity index (χ2n) is 6.55. The molecule has 2 aromatic rings. The maximum atomic E-state index is 14.0. The molecule has 0 aliphatic carbocycles. The summed E-state index contributed by atoms with van der Waals surface area (Å²) in [5, 5.41) is 6.61. The summed E-state index contributed by atoms with van der Waals surface area (Å²) in [4.78, 5) is 34.1. The highest BCUT2D eigenvalue weighted by molar-refractivity contribution is 5.92. The van der Waals surface area contributed by atoms with Crippen LogP contribution in [0.1, 0.15) is 32.8 Å². The Kier molecular flexibility index (Phi) is 8.18. The van der Waals surface area contributed by atoms with E-state index in [1.54, 1.807) is 24.3 Å². The average Bonchev–Trinajstić information content (AvgIpc) is 2.72. The second kappa shape index (κ2) is 10.8. The monoisotopic (exact) mass is 420 g/mol. The number of aldehydes is 1. The lowest BCUT2D eigenvalue weighted by atomic mass is 10.1. The summed E-state index contributed by atoms with van der Waals surface area (Å²) in [7, 11) is 1.30. The minimum absolute atomic E-state index is 0.0265. The Bertz CT molecular complexity index is 894. The van der Waals surface area contributed by atoms with Gasteiger partial charge in [0.1, 0.15) is 11.9 Å². The first-order valence-electron chi connectivity index (χ1n) is 9.10. The van der Waals surface area contributed by atoms with Crippen LogP contribution in [-0.4, -0.2) is 52.8 Å². The van der Waals surface area contributed by atoms with Crippen molar-refractivity contribution in [1.82, 2.24) is 20.1 Å². The number of allylic oxidation sites excluding steroid dienone is 1. The third kappa shape index (κ3) is 6.78. The van der Waals surface area contributed by atoms with Gasteiger partial charge in [-0.3, -0.25) is 19.4 Å². The van der Waals surface area contributed by atoms with Crippen LogP contribution in [0.15, 0.2) is 42.4 Å². The number of benzene rings is 1. The molecule has 0 fully saturated rings. The van der Waals surface area contributed by atoms with Gasteiger partial charge in [0.05, 0.1) is 31.1 Å². The smallest absolute Gasteiger partial charge is 0.337 e. The van der Waals surface area contributed by atoms with Crippen molar-refractivity contribution in [2.45, 2.75) is 25.7 Å². The van der Waals surface area contributed by atoms with E-state index in [1.807, 2.05) is 0 Å². The molecule has 11 heteroatoms. The number of carbonyl (C=O) groups excluding carboxylic acids is 3. The van der Waals surface area contributed by atoms with Gasteiger partial charge in [-0.25, -0.2) is 15.0 Å². The van der Waals surface area contributed by atoms with Crippen LogP contribution < -0.4 is 16.9 Å². The lowest BCUT2D eigenvalue weighted by molar-refractivity contribution is -0.105. The number of amides is 1. The van der Waals surface area contributed by atoms with Gasteiger partial charge in [0.2, 0.25) is 0 Å². The maximum absolute atomic E-state index is 14.0. The Labute approximate surface area is 172 Å². The zero-order valence-corrected chi connectivity index (χ0v) is 16.5. The highest BCUT2D eigenvalue weighted by Gasteiger charge is 2.15. The molecule has 162 valence electrons. The molecule has 1 amide bonds. The summed E-state index contributed by atoms with van der Waals surface area (Å²) in [6, 6.07) is 6.72. The van der Waals surface area contributed by atoms with Crippen molar-refractivity contribution in [3.05, 3.63) is 59.2 Å². The van der Waals surface area contributed by atoms with Crippen LogP contribution in [0.4, 0.5) is 4.39 Å². The molecule has 1 unspecified atom stereocenters. The molecule has 1 heterocycles. The third-order valence-electron chi connectivity index (χ3n) is 4.14. The van der Waals surface area contributed by atoms with E-state index in [-0.39, 0.29) is 37.7 Å². The number of H-pyrrole nitrogens is 1. The molecular weight excluding hydrogens is 395 g/mol. The summed E-state index contributed by atoms with van der Waals surface area (Å²) in [6.07, 6.45) is 2.08. The fraction of sp³-hybridized carbons (Fsp3) is 0.316. The molecule has 0 aliphatic rings. The number of aromatic nitrogens is 2. The number of alkyl halides is 1. The summed E-state index contributed by atoms with van der Waals surface area (Å²) < 4.78 is 20.1. The lowest BCUT2D eigenvalue weighted by Gasteiger charge is -2.19. The summed E-state index contributed by atoms with van der Waals surface area (Å²) in [5.74, 6) is 4.78. The number of hydrogen-bond donors (Lipinski definition) is 4. The summed E-state index contributed by atoms with van der Waals surface area (Å²) in [6.45, 7) is 0.419. The Morgan fingerprint density at radius 3 is 2.83 bits per heavy atom. The van der Waals surface area contributed by atoms with E-state index in [2.05, 4.69) is 15.2 Å². The zero-order chi connectivity index (χ0) is 22.1. The number of nitrogens with zero attached hydrogens (tertiary/aromatic N) is 2. The van der Waals surface area contributed by atoms with Gasteiger partial charge in [0, 0.05) is 19.3 Å². The number of carbonyl (C=O) groups is 3. The van der Waals surface area contributed by atoms with Gasteiger partial charge in [0.15, 0.2) is 6.29 Å². The fourth-order valence-corrected chi connectivity index (χ4v) is 2.60. The van der Waals surface area contributed by atoms with Gasteiger partial charge in [-0.05, 0) is 24.1 Å². The van der Waals surface area contributed by atoms with E-state index in [1.165, 1.54) is 24.2 Å². The van der Waals surface area contributed by atoms with Crippen LogP contribution in [0.25, 0.3) is 0 Å². The minimum atomic E-state index is -1.21. The molecule has 30 heavy (non-hydrogen) atoms. The predicted octanol–water partition coefficient (Wildman–Crippen LogP) is 0.436. The summed E-state index contributed by atoms with van der Waals surface area (Å²) in [5.41, 5.74) is 6.70. The van der Waals surface area contributed by atoms with Gasteiger partial charge in [-0.15, -0.1) is 0 Å². The third-order valence-corrected chi connectivity index (χ3v) is 4.14. The quantitative estimate of drug-likeness (QED) is 0.135. The minimum Gasteiger partial charge on any atom is -0.465 e. The van der Waals surface area contributed by atoms with Crippen LogP contribution >= 0.6 is 0 Å². The Balaban J connectivity index is 1.76. The molecule has 0 aliphatic heterocycles. The van der Waals surface area contributed by atoms with Crippen LogP contribution in [-0.2, 0) is 22.6 Å².